The summed E-state index contributed by atoms with van der Waals surface area (Å²) < 4.78 is 61.7. The molecular weight excluding hydrogens is 798 g/mol. The van der Waals surface area contributed by atoms with Crippen LogP contribution in [0.1, 0.15) is 17.7 Å². The lowest BCUT2D eigenvalue weighted by Crippen LogP contribution is -2.11. The summed E-state index contributed by atoms with van der Waals surface area (Å²) in [4.78, 5) is 25.9. The average Bonchev–Trinajstić information content (AvgIpc) is 3.75. The molecule has 3 heterocycles. The van der Waals surface area contributed by atoms with Crippen molar-refractivity contribution in [2.75, 3.05) is 40.3 Å². The molecule has 0 N–H and O–H groups in total. The van der Waals surface area contributed by atoms with E-state index in [0.29, 0.717) is 102 Å². The van der Waals surface area contributed by atoms with Crippen LogP contribution in [0.5, 0.6) is 23.0 Å². The lowest BCUT2D eigenvalue weighted by atomic mass is 10.1. The van der Waals surface area contributed by atoms with Crippen LogP contribution in [0.4, 0.5) is 4.39 Å². The number of aromatic nitrogens is 3. The van der Waals surface area contributed by atoms with Crippen LogP contribution in [0.2, 0.25) is 0 Å². The quantitative estimate of drug-likeness (QED) is 0.0535. The molecule has 5 aromatic carbocycles. The van der Waals surface area contributed by atoms with Gasteiger partial charge in [0.25, 0.3) is 0 Å². The Morgan fingerprint density at radius 3 is 2.11 bits per heavy atom. The summed E-state index contributed by atoms with van der Waals surface area (Å²) in [5, 5.41) is 9.00. The van der Waals surface area contributed by atoms with Crippen LogP contribution in [0.15, 0.2) is 146 Å². The van der Waals surface area contributed by atoms with Gasteiger partial charge in [-0.3, -0.25) is 9.59 Å². The predicted molar refractivity (Wildman–Crippen MR) is 229 cm³/mol. The van der Waals surface area contributed by atoms with Gasteiger partial charge in [0.1, 0.15) is 70.1 Å². The normalized spacial score (nSPS) is 11.3. The fourth-order valence-electron chi connectivity index (χ4n) is 6.62. The van der Waals surface area contributed by atoms with E-state index in [1.54, 1.807) is 41.1 Å². The number of hydrogen-bond donors (Lipinski definition) is 0. The second-order valence-electron chi connectivity index (χ2n) is 14.1. The van der Waals surface area contributed by atoms with E-state index in [9.17, 15) is 14.0 Å². The molecule has 13 nitrogen and oxygen atoms in total. The average molecular weight is 840 g/mol. The van der Waals surface area contributed by atoms with Crippen molar-refractivity contribution >= 4 is 21.9 Å². The molecule has 0 atom stereocenters. The van der Waals surface area contributed by atoms with Crippen LogP contribution in [-0.2, 0) is 29.0 Å². The molecule has 14 heteroatoms. The molecule has 0 unspecified atom stereocenters. The van der Waals surface area contributed by atoms with E-state index in [0.717, 1.165) is 17.7 Å². The van der Waals surface area contributed by atoms with Crippen molar-refractivity contribution in [1.29, 1.82) is 0 Å². The van der Waals surface area contributed by atoms with E-state index in [4.69, 9.17) is 37.3 Å². The molecule has 62 heavy (non-hydrogen) atoms. The van der Waals surface area contributed by atoms with E-state index in [2.05, 4.69) is 10.3 Å². The van der Waals surface area contributed by atoms with Crippen LogP contribution in [-0.4, -0.2) is 55.3 Å². The molecule has 0 aliphatic heterocycles. The molecule has 0 saturated carbocycles. The molecule has 3 aromatic heterocycles. The number of aryl methyl sites for hydroxylation is 1. The number of rotatable bonds is 20. The maximum absolute atomic E-state index is 13.5. The second kappa shape index (κ2) is 19.8. The van der Waals surface area contributed by atoms with E-state index < -0.39 is 5.82 Å². The summed E-state index contributed by atoms with van der Waals surface area (Å²) in [6.07, 6.45) is 3.32. The molecule has 0 amide bonds. The maximum Gasteiger partial charge on any atom is 0.197 e. The van der Waals surface area contributed by atoms with Gasteiger partial charge in [-0.1, -0.05) is 35.5 Å². The molecule has 0 aliphatic carbocycles. The highest BCUT2D eigenvalue weighted by Gasteiger charge is 2.16. The Kier molecular flexibility index (Phi) is 13.3. The van der Waals surface area contributed by atoms with Crippen molar-refractivity contribution in [2.24, 2.45) is 0 Å². The summed E-state index contributed by atoms with van der Waals surface area (Å²) in [6, 6.07) is 34.2. The number of benzene rings is 5. The Hall–Kier alpha value is -7.29. The Labute approximate surface area is 354 Å². The highest BCUT2D eigenvalue weighted by atomic mass is 19.1. The van der Waals surface area contributed by atoms with Gasteiger partial charge in [-0.05, 0) is 85.1 Å². The lowest BCUT2D eigenvalue weighted by molar-refractivity contribution is 0.0510. The van der Waals surface area contributed by atoms with E-state index in [1.807, 2.05) is 60.8 Å². The van der Waals surface area contributed by atoms with Gasteiger partial charge in [0.2, 0.25) is 0 Å². The molecule has 0 fully saturated rings. The van der Waals surface area contributed by atoms with Gasteiger partial charge in [-0.25, -0.2) is 9.07 Å². The third kappa shape index (κ3) is 10.5. The Balaban J connectivity index is 0.757. The van der Waals surface area contributed by atoms with E-state index >= 15 is 0 Å². The standard InChI is InChI=1S/C48H42FN3O10/c1-55-31-60-39-25-46(59-30-32-6-3-2-4-7-32)48-42(54)28-45(62-47(48)26-39)34-9-14-37(15-10-34)57-20-5-8-36-29-52(51-50-36)19-21-56-22-23-58-38-16-11-33(12-17-38)44-27-41(53)40-24-35(49)13-18-43(40)61-44/h2-4,6-7,9-18,24-29H,5,8,19-23,30-31H2,1H3. The van der Waals surface area contributed by atoms with Crippen molar-refractivity contribution in [1.82, 2.24) is 15.0 Å². The second-order valence-corrected chi connectivity index (χ2v) is 14.1. The molecule has 8 rings (SSSR count). The summed E-state index contributed by atoms with van der Waals surface area (Å²) in [6.45, 7) is 2.47. The van der Waals surface area contributed by atoms with Crippen LogP contribution >= 0.6 is 0 Å². The molecule has 316 valence electrons. The summed E-state index contributed by atoms with van der Waals surface area (Å²) in [5.74, 6) is 2.43. The third-order valence-corrected chi connectivity index (χ3v) is 9.71. The van der Waals surface area contributed by atoms with Crippen molar-refractivity contribution in [3.8, 4) is 45.6 Å². The summed E-state index contributed by atoms with van der Waals surface area (Å²) in [5.41, 5.74) is 3.32. The third-order valence-electron chi connectivity index (χ3n) is 9.71. The monoisotopic (exact) mass is 839 g/mol. The molecule has 0 aliphatic rings. The molecule has 0 bridgehead atoms. The van der Waals surface area contributed by atoms with Crippen LogP contribution in [0, 0.1) is 5.82 Å². The molecule has 0 saturated heterocycles. The van der Waals surface area contributed by atoms with Gasteiger partial charge in [-0.15, -0.1) is 5.10 Å². The summed E-state index contributed by atoms with van der Waals surface area (Å²) in [7, 11) is 1.53. The Morgan fingerprint density at radius 2 is 1.37 bits per heavy atom. The van der Waals surface area contributed by atoms with Gasteiger partial charge < -0.3 is 37.3 Å². The van der Waals surface area contributed by atoms with Gasteiger partial charge >= 0.3 is 0 Å². The lowest BCUT2D eigenvalue weighted by Gasteiger charge is -2.13. The first-order chi connectivity index (χ1) is 30.4. The molecule has 0 radical (unpaired) electrons. The zero-order valence-corrected chi connectivity index (χ0v) is 33.8. The van der Waals surface area contributed by atoms with Crippen molar-refractivity contribution in [3.05, 3.63) is 165 Å². The first-order valence-electron chi connectivity index (χ1n) is 20.0. The molecular formula is C48H42FN3O10. The number of ether oxygens (including phenoxy) is 6. The number of nitrogens with zero attached hydrogens (tertiary/aromatic N) is 3. The highest BCUT2D eigenvalue weighted by molar-refractivity contribution is 5.86. The number of fused-ring (bicyclic) bond motifs is 2. The number of methoxy groups -OCH3 is 1. The van der Waals surface area contributed by atoms with Gasteiger partial charge in [0, 0.05) is 48.7 Å². The van der Waals surface area contributed by atoms with Crippen molar-refractivity contribution < 1.29 is 41.6 Å². The molecule has 0 spiro atoms. The molecule has 8 aromatic rings. The van der Waals surface area contributed by atoms with Crippen LogP contribution in [0.25, 0.3) is 44.6 Å². The smallest absolute Gasteiger partial charge is 0.197 e. The minimum atomic E-state index is -0.489. The fraction of sp³-hybridized carbons (Fsp3) is 0.208. The topological polar surface area (TPSA) is 147 Å². The van der Waals surface area contributed by atoms with Crippen LogP contribution < -0.4 is 29.8 Å². The van der Waals surface area contributed by atoms with Crippen LogP contribution in [0.3, 0.4) is 0 Å². The Bertz CT molecular complexity index is 2860. The minimum Gasteiger partial charge on any atom is -0.494 e. The zero-order chi connectivity index (χ0) is 42.7. The Morgan fingerprint density at radius 1 is 0.661 bits per heavy atom. The first kappa shape index (κ1) is 41.4. The SMILES string of the molecule is COCOc1cc(OCc2ccccc2)c2c(=O)cc(-c3ccc(OCCCc4cn(CCOCCOc5ccc(-c6cc(=O)c7cc(F)ccc7o6)cc5)nn4)cc3)oc2c1. The highest BCUT2D eigenvalue weighted by Crippen LogP contribution is 2.33. The van der Waals surface area contributed by atoms with Gasteiger partial charge in [0.05, 0.1) is 37.4 Å². The largest absolute Gasteiger partial charge is 0.494 e. The van der Waals surface area contributed by atoms with Crippen molar-refractivity contribution in [3.63, 3.8) is 0 Å². The van der Waals surface area contributed by atoms with Gasteiger partial charge in [-0.2, -0.15) is 0 Å². The summed E-state index contributed by atoms with van der Waals surface area (Å²) >= 11 is 0. The van der Waals surface area contributed by atoms with Gasteiger partial charge in [0.15, 0.2) is 17.7 Å². The predicted octanol–water partition coefficient (Wildman–Crippen LogP) is 8.63. The number of halogens is 1. The fourth-order valence-corrected chi connectivity index (χ4v) is 6.62. The zero-order valence-electron chi connectivity index (χ0n) is 33.8. The first-order valence-corrected chi connectivity index (χ1v) is 20.0. The minimum absolute atomic E-state index is 0.0237. The van der Waals surface area contributed by atoms with E-state index in [1.165, 1.54) is 37.4 Å². The number of hydrogen-bond acceptors (Lipinski definition) is 12. The van der Waals surface area contributed by atoms with E-state index in [-0.39, 0.29) is 29.6 Å². The maximum atomic E-state index is 13.5. The van der Waals surface area contributed by atoms with Crippen molar-refractivity contribution in [2.45, 2.75) is 26.0 Å².